The van der Waals surface area contributed by atoms with Crippen molar-refractivity contribution in [1.29, 1.82) is 0 Å². The third-order valence-electron chi connectivity index (χ3n) is 4.52. The van der Waals surface area contributed by atoms with Crippen LogP contribution in [0.2, 0.25) is 0 Å². The summed E-state index contributed by atoms with van der Waals surface area (Å²) in [6.45, 7) is 10.1. The van der Waals surface area contributed by atoms with Crippen LogP contribution in [0.4, 0.5) is 0 Å². The lowest BCUT2D eigenvalue weighted by Crippen LogP contribution is -2.26. The highest BCUT2D eigenvalue weighted by Crippen LogP contribution is 2.22. The summed E-state index contributed by atoms with van der Waals surface area (Å²) in [5.74, 6) is 2.15. The predicted molar refractivity (Wildman–Crippen MR) is 84.9 cm³/mol. The fourth-order valence-electron chi connectivity index (χ4n) is 3.23. The number of unbranched alkanes of at least 4 members (excludes halogenated alkanes) is 1. The van der Waals surface area contributed by atoms with Crippen molar-refractivity contribution in [2.75, 3.05) is 6.54 Å². The molecular formula is C17H31N3. The lowest BCUT2D eigenvalue weighted by molar-refractivity contribution is 0.377. The Labute approximate surface area is 124 Å². The van der Waals surface area contributed by atoms with E-state index in [2.05, 4.69) is 30.7 Å². The second-order valence-electron chi connectivity index (χ2n) is 6.13. The Morgan fingerprint density at radius 2 is 2.10 bits per heavy atom. The van der Waals surface area contributed by atoms with E-state index in [4.69, 9.17) is 4.98 Å². The minimum atomic E-state index is 0.818. The molecule has 3 nitrogen and oxygen atoms in total. The molecule has 1 unspecified atom stereocenters. The van der Waals surface area contributed by atoms with E-state index >= 15 is 0 Å². The molecule has 0 spiro atoms. The Balaban J connectivity index is 2.17. The first-order valence-corrected chi connectivity index (χ1v) is 8.57. The van der Waals surface area contributed by atoms with Crippen molar-refractivity contribution in [1.82, 2.24) is 14.9 Å². The minimum absolute atomic E-state index is 0.818. The van der Waals surface area contributed by atoms with Crippen LogP contribution in [-0.4, -0.2) is 16.1 Å². The summed E-state index contributed by atoms with van der Waals surface area (Å²) in [6, 6.07) is 0. The van der Waals surface area contributed by atoms with Gasteiger partial charge in [0.15, 0.2) is 0 Å². The quantitative estimate of drug-likeness (QED) is 0.785. The molecule has 2 heterocycles. The van der Waals surface area contributed by atoms with E-state index < -0.39 is 0 Å². The number of nitrogens with zero attached hydrogens (tertiary/aromatic N) is 2. The van der Waals surface area contributed by atoms with Crippen molar-refractivity contribution >= 4 is 0 Å². The zero-order valence-corrected chi connectivity index (χ0v) is 13.5. The Morgan fingerprint density at radius 1 is 1.25 bits per heavy atom. The average molecular weight is 277 g/mol. The third kappa shape index (κ3) is 3.63. The van der Waals surface area contributed by atoms with Gasteiger partial charge in [-0.3, -0.25) is 0 Å². The summed E-state index contributed by atoms with van der Waals surface area (Å²) in [7, 11) is 0. The predicted octanol–water partition coefficient (Wildman–Crippen LogP) is 3.70. The molecule has 2 rings (SSSR count). The topological polar surface area (TPSA) is 29.9 Å². The van der Waals surface area contributed by atoms with E-state index in [-0.39, 0.29) is 0 Å². The maximum absolute atomic E-state index is 4.91. The van der Waals surface area contributed by atoms with Crippen LogP contribution in [0.1, 0.15) is 70.1 Å². The monoisotopic (exact) mass is 277 g/mol. The maximum Gasteiger partial charge on any atom is 0.109 e. The number of rotatable bonds is 8. The number of aromatic nitrogens is 2. The SMILES string of the molecule is CCCCC(CC)Cn1c(CCC)nc2c1CCNC2. The molecule has 1 aliphatic rings. The summed E-state index contributed by atoms with van der Waals surface area (Å²) in [6.07, 6.45) is 8.79. The number of imidazole rings is 1. The van der Waals surface area contributed by atoms with Crippen LogP contribution in [0.5, 0.6) is 0 Å². The van der Waals surface area contributed by atoms with Crippen molar-refractivity contribution in [3.8, 4) is 0 Å². The van der Waals surface area contributed by atoms with Gasteiger partial charge in [0, 0.05) is 38.2 Å². The van der Waals surface area contributed by atoms with Crippen molar-refractivity contribution in [2.45, 2.75) is 78.8 Å². The van der Waals surface area contributed by atoms with Gasteiger partial charge in [-0.05, 0) is 18.8 Å². The highest BCUT2D eigenvalue weighted by molar-refractivity contribution is 5.20. The molecule has 0 saturated carbocycles. The minimum Gasteiger partial charge on any atom is -0.331 e. The van der Waals surface area contributed by atoms with Crippen molar-refractivity contribution in [3.05, 3.63) is 17.2 Å². The van der Waals surface area contributed by atoms with E-state index in [0.717, 1.165) is 31.8 Å². The Hall–Kier alpha value is -0.830. The molecule has 0 radical (unpaired) electrons. The number of hydrogen-bond acceptors (Lipinski definition) is 2. The molecule has 1 aromatic rings. The summed E-state index contributed by atoms with van der Waals surface area (Å²) in [5, 5.41) is 3.45. The van der Waals surface area contributed by atoms with Gasteiger partial charge in [0.05, 0.1) is 5.69 Å². The normalized spacial score (nSPS) is 16.1. The van der Waals surface area contributed by atoms with Gasteiger partial charge in [0.2, 0.25) is 0 Å². The highest BCUT2D eigenvalue weighted by Gasteiger charge is 2.20. The van der Waals surface area contributed by atoms with Gasteiger partial charge in [-0.2, -0.15) is 0 Å². The van der Waals surface area contributed by atoms with Crippen molar-refractivity contribution < 1.29 is 0 Å². The van der Waals surface area contributed by atoms with Gasteiger partial charge >= 0.3 is 0 Å². The van der Waals surface area contributed by atoms with Crippen LogP contribution in [0.15, 0.2) is 0 Å². The smallest absolute Gasteiger partial charge is 0.109 e. The molecule has 0 amide bonds. The second kappa shape index (κ2) is 7.82. The molecule has 3 heteroatoms. The standard InChI is InChI=1S/C17H31N3/c1-4-7-9-14(6-3)13-20-16-10-11-18-12-15(16)19-17(20)8-5-2/h14,18H,4-13H2,1-3H3. The van der Waals surface area contributed by atoms with E-state index in [1.165, 1.54) is 55.9 Å². The van der Waals surface area contributed by atoms with Crippen molar-refractivity contribution in [2.24, 2.45) is 5.92 Å². The zero-order valence-electron chi connectivity index (χ0n) is 13.5. The molecule has 1 aliphatic heterocycles. The first-order valence-electron chi connectivity index (χ1n) is 8.57. The third-order valence-corrected chi connectivity index (χ3v) is 4.52. The van der Waals surface area contributed by atoms with Crippen LogP contribution in [0.25, 0.3) is 0 Å². The van der Waals surface area contributed by atoms with E-state index in [9.17, 15) is 0 Å². The van der Waals surface area contributed by atoms with E-state index in [0.29, 0.717) is 0 Å². The number of aryl methyl sites for hydroxylation is 1. The Kier molecular flexibility index (Phi) is 6.08. The highest BCUT2D eigenvalue weighted by atomic mass is 15.1. The first-order chi connectivity index (χ1) is 9.80. The van der Waals surface area contributed by atoms with Crippen LogP contribution >= 0.6 is 0 Å². The van der Waals surface area contributed by atoms with Crippen LogP contribution < -0.4 is 5.32 Å². The average Bonchev–Trinajstić information content (AvgIpc) is 2.81. The van der Waals surface area contributed by atoms with Gasteiger partial charge < -0.3 is 9.88 Å². The number of hydrogen-bond donors (Lipinski definition) is 1. The van der Waals surface area contributed by atoms with Crippen molar-refractivity contribution in [3.63, 3.8) is 0 Å². The Morgan fingerprint density at radius 3 is 2.80 bits per heavy atom. The van der Waals surface area contributed by atoms with Gasteiger partial charge in [0.25, 0.3) is 0 Å². The zero-order chi connectivity index (χ0) is 14.4. The molecular weight excluding hydrogens is 246 g/mol. The van der Waals surface area contributed by atoms with Gasteiger partial charge in [-0.1, -0.05) is 40.0 Å². The molecule has 0 aromatic carbocycles. The van der Waals surface area contributed by atoms with Gasteiger partial charge in [-0.15, -0.1) is 0 Å². The number of nitrogens with one attached hydrogen (secondary N) is 1. The molecule has 1 atom stereocenters. The van der Waals surface area contributed by atoms with Crippen LogP contribution in [-0.2, 0) is 25.9 Å². The molecule has 0 bridgehead atoms. The molecule has 1 N–H and O–H groups in total. The van der Waals surface area contributed by atoms with E-state index in [1.54, 1.807) is 0 Å². The molecule has 0 fully saturated rings. The summed E-state index contributed by atoms with van der Waals surface area (Å²) in [5.41, 5.74) is 2.83. The van der Waals surface area contributed by atoms with Crippen LogP contribution in [0, 0.1) is 5.92 Å². The lowest BCUT2D eigenvalue weighted by Gasteiger charge is -2.21. The Bertz CT molecular complexity index is 409. The molecule has 0 aliphatic carbocycles. The van der Waals surface area contributed by atoms with Gasteiger partial charge in [0.1, 0.15) is 5.82 Å². The summed E-state index contributed by atoms with van der Waals surface area (Å²) >= 11 is 0. The lowest BCUT2D eigenvalue weighted by atomic mass is 9.99. The maximum atomic E-state index is 4.91. The summed E-state index contributed by atoms with van der Waals surface area (Å²) in [4.78, 5) is 4.91. The second-order valence-corrected chi connectivity index (χ2v) is 6.13. The fraction of sp³-hybridized carbons (Fsp3) is 0.824. The molecule has 114 valence electrons. The van der Waals surface area contributed by atoms with Gasteiger partial charge in [-0.25, -0.2) is 4.98 Å². The van der Waals surface area contributed by atoms with E-state index in [1.807, 2.05) is 0 Å². The van der Waals surface area contributed by atoms with Crippen LogP contribution in [0.3, 0.4) is 0 Å². The summed E-state index contributed by atoms with van der Waals surface area (Å²) < 4.78 is 2.57. The first kappa shape index (κ1) is 15.6. The largest absolute Gasteiger partial charge is 0.331 e. The molecule has 0 saturated heterocycles. The number of fused-ring (bicyclic) bond motifs is 1. The molecule has 20 heavy (non-hydrogen) atoms. The molecule has 1 aromatic heterocycles. The fourth-order valence-corrected chi connectivity index (χ4v) is 3.23.